The zero-order valence-electron chi connectivity index (χ0n) is 12.3. The van der Waals surface area contributed by atoms with E-state index in [0.717, 1.165) is 23.3 Å². The van der Waals surface area contributed by atoms with Crippen molar-refractivity contribution in [1.82, 2.24) is 10.2 Å². The number of rotatable bonds is 4. The second-order valence-corrected chi connectivity index (χ2v) is 7.25. The van der Waals surface area contributed by atoms with E-state index >= 15 is 0 Å². The van der Waals surface area contributed by atoms with E-state index in [0.29, 0.717) is 0 Å². The Morgan fingerprint density at radius 2 is 2.00 bits per heavy atom. The first-order chi connectivity index (χ1) is 8.74. The average molecular weight is 270 g/mol. The van der Waals surface area contributed by atoms with Gasteiger partial charge in [0.15, 0.2) is 0 Å². The van der Waals surface area contributed by atoms with Crippen LogP contribution in [-0.2, 0) is 0 Å². The van der Waals surface area contributed by atoms with Crippen LogP contribution < -0.4 is 5.32 Å². The molecule has 0 aromatic heterocycles. The van der Waals surface area contributed by atoms with Gasteiger partial charge in [-0.05, 0) is 37.9 Å². The maximum Gasteiger partial charge on any atom is 0.0221 e. The van der Waals surface area contributed by atoms with Crippen molar-refractivity contribution in [2.75, 3.05) is 25.9 Å². The molecule has 2 unspecified atom stereocenters. The molecule has 0 amide bonds. The summed E-state index contributed by atoms with van der Waals surface area (Å²) in [7, 11) is 0. The molecule has 0 bridgehead atoms. The zero-order chi connectivity index (χ0) is 13.0. The lowest BCUT2D eigenvalue weighted by Gasteiger charge is -2.43. The lowest BCUT2D eigenvalue weighted by atomic mass is 9.91. The molecule has 2 nitrogen and oxygen atoms in total. The predicted molar refractivity (Wildman–Crippen MR) is 82.4 cm³/mol. The minimum absolute atomic E-state index is 0.724. The third kappa shape index (κ3) is 3.64. The summed E-state index contributed by atoms with van der Waals surface area (Å²) < 4.78 is 0. The minimum Gasteiger partial charge on any atom is -0.311 e. The first-order valence-corrected chi connectivity index (χ1v) is 9.03. The molecule has 0 spiro atoms. The zero-order valence-corrected chi connectivity index (χ0v) is 13.1. The van der Waals surface area contributed by atoms with Crippen molar-refractivity contribution < 1.29 is 0 Å². The molecule has 1 aliphatic carbocycles. The standard InChI is InChI=1S/C15H30N2S/c1-4-12(2)15-11-17(10-9-16-15)13-5-7-14(18-3)8-6-13/h12-16H,4-11H2,1-3H3. The molecule has 3 heteroatoms. The Bertz CT molecular complexity index is 239. The van der Waals surface area contributed by atoms with Crippen LogP contribution in [-0.4, -0.2) is 48.1 Å². The Labute approximate surface area is 117 Å². The SMILES string of the molecule is CCC(C)C1CN(C2CCC(SC)CC2)CCN1. The highest BCUT2D eigenvalue weighted by atomic mass is 32.2. The number of hydrogen-bond donors (Lipinski definition) is 1. The molecule has 1 N–H and O–H groups in total. The van der Waals surface area contributed by atoms with Crippen molar-refractivity contribution in [3.63, 3.8) is 0 Å². The van der Waals surface area contributed by atoms with Gasteiger partial charge in [-0.2, -0.15) is 11.8 Å². The number of hydrogen-bond acceptors (Lipinski definition) is 3. The number of nitrogens with one attached hydrogen (secondary N) is 1. The molecule has 2 atom stereocenters. The first kappa shape index (κ1) is 14.7. The summed E-state index contributed by atoms with van der Waals surface area (Å²) in [4.78, 5) is 2.78. The molecule has 18 heavy (non-hydrogen) atoms. The van der Waals surface area contributed by atoms with Gasteiger partial charge in [0.2, 0.25) is 0 Å². The summed E-state index contributed by atoms with van der Waals surface area (Å²) in [5.74, 6) is 0.815. The van der Waals surface area contributed by atoms with E-state index in [2.05, 4.69) is 42.1 Å². The Morgan fingerprint density at radius 1 is 1.28 bits per heavy atom. The Hall–Kier alpha value is 0.270. The van der Waals surface area contributed by atoms with Crippen LogP contribution in [0.4, 0.5) is 0 Å². The highest BCUT2D eigenvalue weighted by Gasteiger charge is 2.30. The van der Waals surface area contributed by atoms with E-state index in [1.807, 2.05) is 0 Å². The molecule has 1 aliphatic heterocycles. The van der Waals surface area contributed by atoms with E-state index in [-0.39, 0.29) is 0 Å². The fourth-order valence-corrected chi connectivity index (χ4v) is 4.19. The predicted octanol–water partition coefficient (Wildman–Crippen LogP) is 2.98. The lowest BCUT2D eigenvalue weighted by molar-refractivity contribution is 0.100. The van der Waals surface area contributed by atoms with Gasteiger partial charge >= 0.3 is 0 Å². The molecule has 1 heterocycles. The molecule has 2 aliphatic rings. The molecule has 0 aromatic rings. The van der Waals surface area contributed by atoms with Gasteiger partial charge in [0.25, 0.3) is 0 Å². The summed E-state index contributed by atoms with van der Waals surface area (Å²) in [6.45, 7) is 8.45. The van der Waals surface area contributed by atoms with Gasteiger partial charge in [-0.15, -0.1) is 0 Å². The maximum absolute atomic E-state index is 3.71. The number of piperazine rings is 1. The van der Waals surface area contributed by atoms with Gasteiger partial charge in [-0.1, -0.05) is 20.3 Å². The van der Waals surface area contributed by atoms with Crippen molar-refractivity contribution in [3.05, 3.63) is 0 Å². The Kier molecular flexibility index (Phi) is 5.84. The van der Waals surface area contributed by atoms with Crippen LogP contribution in [0.25, 0.3) is 0 Å². The van der Waals surface area contributed by atoms with Crippen LogP contribution in [0, 0.1) is 5.92 Å². The van der Waals surface area contributed by atoms with Gasteiger partial charge in [0.1, 0.15) is 0 Å². The van der Waals surface area contributed by atoms with Crippen LogP contribution in [0.2, 0.25) is 0 Å². The quantitative estimate of drug-likeness (QED) is 0.845. The van der Waals surface area contributed by atoms with E-state index in [1.165, 1.54) is 51.7 Å². The normalized spacial score (nSPS) is 36.5. The fourth-order valence-electron chi connectivity index (χ4n) is 3.45. The second kappa shape index (κ2) is 7.16. The van der Waals surface area contributed by atoms with Crippen LogP contribution in [0.3, 0.4) is 0 Å². The van der Waals surface area contributed by atoms with Gasteiger partial charge in [0.05, 0.1) is 0 Å². The fraction of sp³-hybridized carbons (Fsp3) is 1.00. The smallest absolute Gasteiger partial charge is 0.0221 e. The van der Waals surface area contributed by atoms with Crippen LogP contribution >= 0.6 is 11.8 Å². The number of thioether (sulfide) groups is 1. The van der Waals surface area contributed by atoms with E-state index in [4.69, 9.17) is 0 Å². The summed E-state index contributed by atoms with van der Waals surface area (Å²) in [5.41, 5.74) is 0. The largest absolute Gasteiger partial charge is 0.311 e. The third-order valence-electron chi connectivity index (χ3n) is 5.06. The second-order valence-electron chi connectivity index (χ2n) is 6.11. The maximum atomic E-state index is 3.71. The summed E-state index contributed by atoms with van der Waals surface area (Å²) >= 11 is 2.07. The topological polar surface area (TPSA) is 15.3 Å². The van der Waals surface area contributed by atoms with Crippen LogP contribution in [0.1, 0.15) is 46.0 Å². The Balaban J connectivity index is 1.82. The molecular weight excluding hydrogens is 240 g/mol. The highest BCUT2D eigenvalue weighted by Crippen LogP contribution is 2.30. The molecule has 0 aromatic carbocycles. The highest BCUT2D eigenvalue weighted by molar-refractivity contribution is 7.99. The van der Waals surface area contributed by atoms with Gasteiger partial charge in [-0.25, -0.2) is 0 Å². The summed E-state index contributed by atoms with van der Waals surface area (Å²) in [5, 5.41) is 4.65. The monoisotopic (exact) mass is 270 g/mol. The van der Waals surface area contributed by atoms with Gasteiger partial charge in [0, 0.05) is 37.0 Å². The van der Waals surface area contributed by atoms with E-state index in [9.17, 15) is 0 Å². The molecule has 1 saturated carbocycles. The van der Waals surface area contributed by atoms with Gasteiger partial charge < -0.3 is 5.32 Å². The number of nitrogens with zero attached hydrogens (tertiary/aromatic N) is 1. The van der Waals surface area contributed by atoms with Crippen molar-refractivity contribution >= 4 is 11.8 Å². The Morgan fingerprint density at radius 3 is 2.61 bits per heavy atom. The van der Waals surface area contributed by atoms with Crippen molar-refractivity contribution in [1.29, 1.82) is 0 Å². The molecule has 0 radical (unpaired) electrons. The van der Waals surface area contributed by atoms with Crippen molar-refractivity contribution in [3.8, 4) is 0 Å². The average Bonchev–Trinajstić information content (AvgIpc) is 2.46. The summed E-state index contributed by atoms with van der Waals surface area (Å²) in [6.07, 6.45) is 9.30. The van der Waals surface area contributed by atoms with Crippen LogP contribution in [0.5, 0.6) is 0 Å². The molecule has 106 valence electrons. The molecule has 1 saturated heterocycles. The van der Waals surface area contributed by atoms with Crippen LogP contribution in [0.15, 0.2) is 0 Å². The first-order valence-electron chi connectivity index (χ1n) is 7.74. The molecule has 2 rings (SSSR count). The van der Waals surface area contributed by atoms with E-state index in [1.54, 1.807) is 0 Å². The minimum atomic E-state index is 0.724. The van der Waals surface area contributed by atoms with Crippen molar-refractivity contribution in [2.24, 2.45) is 5.92 Å². The van der Waals surface area contributed by atoms with E-state index < -0.39 is 0 Å². The lowest BCUT2D eigenvalue weighted by Crippen LogP contribution is -2.56. The van der Waals surface area contributed by atoms with Gasteiger partial charge in [-0.3, -0.25) is 4.90 Å². The summed E-state index contributed by atoms with van der Waals surface area (Å²) in [6, 6.07) is 1.60. The molecular formula is C15H30N2S. The van der Waals surface area contributed by atoms with Crippen molar-refractivity contribution in [2.45, 2.75) is 63.3 Å². The molecule has 2 fully saturated rings. The third-order valence-corrected chi connectivity index (χ3v) is 6.20.